The second kappa shape index (κ2) is 7.58. The highest BCUT2D eigenvalue weighted by molar-refractivity contribution is 7.89. The molecule has 0 saturated heterocycles. The molecule has 4 N–H and O–H groups in total. The predicted molar refractivity (Wildman–Crippen MR) is 81.8 cm³/mol. The third kappa shape index (κ3) is 4.45. The number of sulfonamides is 1. The van der Waals surface area contributed by atoms with E-state index in [1.807, 2.05) is 7.05 Å². The number of hydrogen-bond acceptors (Lipinski definition) is 5. The Morgan fingerprint density at radius 1 is 1.35 bits per heavy atom. The molecule has 0 aromatic heterocycles. The molecule has 1 aromatic carbocycles. The molecular formula is C13H24N4O2S. The van der Waals surface area contributed by atoms with Crippen LogP contribution in [0, 0.1) is 0 Å². The molecule has 0 aliphatic rings. The van der Waals surface area contributed by atoms with Gasteiger partial charge in [-0.05, 0) is 32.5 Å². The van der Waals surface area contributed by atoms with Gasteiger partial charge in [-0.25, -0.2) is 13.1 Å². The summed E-state index contributed by atoms with van der Waals surface area (Å²) in [6, 6.07) is 6.97. The first kappa shape index (κ1) is 16.9. The van der Waals surface area contributed by atoms with E-state index in [0.717, 1.165) is 6.42 Å². The lowest BCUT2D eigenvalue weighted by Gasteiger charge is -2.23. The number of para-hydroxylation sites is 1. The van der Waals surface area contributed by atoms with Crippen LogP contribution >= 0.6 is 0 Å². The maximum absolute atomic E-state index is 12.2. The first-order valence-corrected chi connectivity index (χ1v) is 8.16. The second-order valence-electron chi connectivity index (χ2n) is 4.78. The predicted octanol–water partition coefficient (Wildman–Crippen LogP) is 0.981. The average Bonchev–Trinajstić information content (AvgIpc) is 2.45. The number of hydrazine groups is 1. The van der Waals surface area contributed by atoms with Crippen molar-refractivity contribution >= 4 is 15.7 Å². The number of nitrogens with zero attached hydrogens (tertiary/aromatic N) is 1. The summed E-state index contributed by atoms with van der Waals surface area (Å²) in [5.41, 5.74) is 2.78. The standard InChI is InChI=1S/C13H24N4O2S/c1-4-11(2)17(3)10-9-15-20(18,19)13-8-6-5-7-12(13)16-14/h5-8,11,15-16H,4,9-10,14H2,1-3H3. The molecule has 1 atom stereocenters. The lowest BCUT2D eigenvalue weighted by Crippen LogP contribution is -2.37. The molecule has 114 valence electrons. The maximum Gasteiger partial charge on any atom is 0.242 e. The lowest BCUT2D eigenvalue weighted by molar-refractivity contribution is 0.256. The third-order valence-electron chi connectivity index (χ3n) is 3.43. The fourth-order valence-electron chi connectivity index (χ4n) is 1.79. The third-order valence-corrected chi connectivity index (χ3v) is 4.95. The van der Waals surface area contributed by atoms with Crippen molar-refractivity contribution in [3.05, 3.63) is 24.3 Å². The maximum atomic E-state index is 12.2. The topological polar surface area (TPSA) is 87.5 Å². The van der Waals surface area contributed by atoms with E-state index >= 15 is 0 Å². The summed E-state index contributed by atoms with van der Waals surface area (Å²) in [4.78, 5) is 2.28. The van der Waals surface area contributed by atoms with Crippen LogP contribution in [0.4, 0.5) is 5.69 Å². The zero-order chi connectivity index (χ0) is 15.2. The molecule has 1 aromatic rings. The van der Waals surface area contributed by atoms with Crippen LogP contribution in [0.2, 0.25) is 0 Å². The molecule has 1 rings (SSSR count). The largest absolute Gasteiger partial charge is 0.323 e. The Balaban J connectivity index is 2.67. The number of anilines is 1. The fraction of sp³-hybridized carbons (Fsp3) is 0.538. The zero-order valence-electron chi connectivity index (χ0n) is 12.3. The van der Waals surface area contributed by atoms with Crippen LogP contribution in [-0.2, 0) is 10.0 Å². The average molecular weight is 300 g/mol. The van der Waals surface area contributed by atoms with Gasteiger partial charge in [-0.1, -0.05) is 19.1 Å². The van der Waals surface area contributed by atoms with Gasteiger partial charge in [0.15, 0.2) is 0 Å². The number of likely N-dealkylation sites (N-methyl/N-ethyl adjacent to an activating group) is 1. The number of nitrogens with one attached hydrogen (secondary N) is 2. The Morgan fingerprint density at radius 3 is 2.60 bits per heavy atom. The van der Waals surface area contributed by atoms with Gasteiger partial charge >= 0.3 is 0 Å². The molecule has 0 saturated carbocycles. The van der Waals surface area contributed by atoms with Gasteiger partial charge in [-0.3, -0.25) is 5.84 Å². The van der Waals surface area contributed by atoms with Gasteiger partial charge in [-0.2, -0.15) is 0 Å². The molecule has 20 heavy (non-hydrogen) atoms. The normalized spacial score (nSPS) is 13.4. The van der Waals surface area contributed by atoms with Crippen LogP contribution in [0.15, 0.2) is 29.2 Å². The van der Waals surface area contributed by atoms with Crippen molar-refractivity contribution in [2.24, 2.45) is 5.84 Å². The summed E-state index contributed by atoms with van der Waals surface area (Å²) in [6.45, 7) is 5.24. The van der Waals surface area contributed by atoms with Crippen LogP contribution in [0.3, 0.4) is 0 Å². The highest BCUT2D eigenvalue weighted by atomic mass is 32.2. The molecule has 0 aliphatic heterocycles. The van der Waals surface area contributed by atoms with Crippen molar-refractivity contribution in [2.45, 2.75) is 31.2 Å². The minimum absolute atomic E-state index is 0.161. The minimum atomic E-state index is -3.55. The van der Waals surface area contributed by atoms with E-state index in [-0.39, 0.29) is 4.90 Å². The Bertz CT molecular complexity index is 519. The van der Waals surface area contributed by atoms with Crippen molar-refractivity contribution in [1.82, 2.24) is 9.62 Å². The zero-order valence-corrected chi connectivity index (χ0v) is 13.1. The highest BCUT2D eigenvalue weighted by Gasteiger charge is 2.17. The van der Waals surface area contributed by atoms with Crippen LogP contribution in [0.1, 0.15) is 20.3 Å². The number of benzene rings is 1. The first-order chi connectivity index (χ1) is 9.42. The fourth-order valence-corrected chi connectivity index (χ4v) is 2.98. The van der Waals surface area contributed by atoms with E-state index in [1.165, 1.54) is 6.07 Å². The minimum Gasteiger partial charge on any atom is -0.323 e. The monoisotopic (exact) mass is 300 g/mol. The summed E-state index contributed by atoms with van der Waals surface area (Å²) in [7, 11) is -1.57. The molecule has 0 aliphatic carbocycles. The van der Waals surface area contributed by atoms with E-state index in [9.17, 15) is 8.42 Å². The Hall–Kier alpha value is -1.15. The van der Waals surface area contributed by atoms with Crippen LogP contribution in [0.5, 0.6) is 0 Å². The molecule has 0 radical (unpaired) electrons. The highest BCUT2D eigenvalue weighted by Crippen LogP contribution is 2.19. The van der Waals surface area contributed by atoms with Crippen molar-refractivity contribution in [3.8, 4) is 0 Å². The van der Waals surface area contributed by atoms with E-state index in [4.69, 9.17) is 5.84 Å². The van der Waals surface area contributed by atoms with Gasteiger partial charge in [0, 0.05) is 19.1 Å². The molecule has 1 unspecified atom stereocenters. The van der Waals surface area contributed by atoms with Crippen molar-refractivity contribution in [2.75, 3.05) is 25.6 Å². The van der Waals surface area contributed by atoms with Crippen molar-refractivity contribution in [1.29, 1.82) is 0 Å². The lowest BCUT2D eigenvalue weighted by atomic mass is 10.2. The van der Waals surface area contributed by atoms with Crippen LogP contribution in [-0.4, -0.2) is 39.5 Å². The molecular weight excluding hydrogens is 276 g/mol. The molecule has 6 nitrogen and oxygen atoms in total. The molecule has 0 heterocycles. The second-order valence-corrected chi connectivity index (χ2v) is 6.51. The first-order valence-electron chi connectivity index (χ1n) is 6.68. The van der Waals surface area contributed by atoms with E-state index in [1.54, 1.807) is 18.2 Å². The Kier molecular flexibility index (Phi) is 6.41. The van der Waals surface area contributed by atoms with Gasteiger partial charge < -0.3 is 10.3 Å². The molecule has 0 fully saturated rings. The van der Waals surface area contributed by atoms with Crippen LogP contribution in [0.25, 0.3) is 0 Å². The number of hydrogen-bond donors (Lipinski definition) is 3. The van der Waals surface area contributed by atoms with Gasteiger partial charge in [-0.15, -0.1) is 0 Å². The van der Waals surface area contributed by atoms with Gasteiger partial charge in [0.05, 0.1) is 5.69 Å². The van der Waals surface area contributed by atoms with Crippen molar-refractivity contribution in [3.63, 3.8) is 0 Å². The van der Waals surface area contributed by atoms with E-state index in [2.05, 4.69) is 28.9 Å². The summed E-state index contributed by atoms with van der Waals surface area (Å²) in [5, 5.41) is 0. The molecule has 0 bridgehead atoms. The van der Waals surface area contributed by atoms with Crippen molar-refractivity contribution < 1.29 is 8.42 Å². The number of rotatable bonds is 8. The number of nitrogen functional groups attached to an aromatic ring is 1. The smallest absolute Gasteiger partial charge is 0.242 e. The Morgan fingerprint density at radius 2 is 2.00 bits per heavy atom. The quantitative estimate of drug-likeness (QED) is 0.492. The summed E-state index contributed by atoms with van der Waals surface area (Å²) in [6.07, 6.45) is 1.03. The van der Waals surface area contributed by atoms with Crippen LogP contribution < -0.4 is 16.0 Å². The van der Waals surface area contributed by atoms with Gasteiger partial charge in [0.1, 0.15) is 4.90 Å². The summed E-state index contributed by atoms with van der Waals surface area (Å²) >= 11 is 0. The Labute approximate surface area is 121 Å². The molecule has 0 amide bonds. The van der Waals surface area contributed by atoms with E-state index < -0.39 is 10.0 Å². The molecule has 0 spiro atoms. The summed E-state index contributed by atoms with van der Waals surface area (Å²) < 4.78 is 27.0. The SMILES string of the molecule is CCC(C)N(C)CCNS(=O)(=O)c1ccccc1NN. The van der Waals surface area contributed by atoms with Gasteiger partial charge in [0.25, 0.3) is 0 Å². The summed E-state index contributed by atoms with van der Waals surface area (Å²) in [5.74, 6) is 5.33. The van der Waals surface area contributed by atoms with E-state index in [0.29, 0.717) is 24.8 Å². The number of nitrogens with two attached hydrogens (primary N) is 1. The molecule has 7 heteroatoms. The van der Waals surface area contributed by atoms with Gasteiger partial charge in [0.2, 0.25) is 10.0 Å².